The van der Waals surface area contributed by atoms with Gasteiger partial charge in [0.1, 0.15) is 23.0 Å². The normalized spacial score (nSPS) is 19.4. The second kappa shape index (κ2) is 23.3. The summed E-state index contributed by atoms with van der Waals surface area (Å²) in [4.78, 5) is 29.8. The summed E-state index contributed by atoms with van der Waals surface area (Å²) in [6.45, 7) is 29.8. The van der Waals surface area contributed by atoms with E-state index in [4.69, 9.17) is 30.0 Å². The van der Waals surface area contributed by atoms with E-state index in [2.05, 4.69) is 107 Å². The standard InChI is InChI=1S/C66H84N6O4/c1-41-27-43(59(73)45(29-41)37-69-55-23-17-19-25-57(55)71-39-47-31-49(63(3,4)5)33-51(61(47)75)65(9,10)11)35-67-53-21-15-16-22-54(53)68-36-44-28-42(2)30-46(60(44)74)38-70-56-24-18-20-26-58(56)72-40-48-32-50(64(6,7)8)34-52(62(48)76)66(12,13)14/h15-16,21-22,27-40,55-58,73-76H,17-20,23-26H2,1-14H3/t55-,56-,57-,58-/m0/s1. The number of para-hydroxylation sites is 2. The minimum Gasteiger partial charge on any atom is -0.507 e. The highest BCUT2D eigenvalue weighted by Gasteiger charge is 2.29. The minimum absolute atomic E-state index is 0.0600. The van der Waals surface area contributed by atoms with Crippen molar-refractivity contribution < 1.29 is 20.4 Å². The van der Waals surface area contributed by atoms with Crippen molar-refractivity contribution in [2.45, 2.75) is 194 Å². The maximum atomic E-state index is 11.6. The van der Waals surface area contributed by atoms with E-state index in [1.165, 1.54) is 0 Å². The van der Waals surface area contributed by atoms with Gasteiger partial charge in [0.2, 0.25) is 0 Å². The number of rotatable bonds is 12. The Morgan fingerprint density at radius 3 is 0.921 bits per heavy atom. The first-order valence-corrected chi connectivity index (χ1v) is 27.4. The molecule has 2 saturated carbocycles. The number of phenols is 4. The van der Waals surface area contributed by atoms with Gasteiger partial charge in [0.25, 0.3) is 0 Å². The molecule has 4 N–H and O–H groups in total. The molecule has 0 amide bonds. The van der Waals surface area contributed by atoms with Gasteiger partial charge in [0.05, 0.1) is 35.5 Å². The molecule has 0 radical (unpaired) electrons. The van der Waals surface area contributed by atoms with Crippen LogP contribution in [0.15, 0.2) is 103 Å². The fourth-order valence-electron chi connectivity index (χ4n) is 10.1. The van der Waals surface area contributed by atoms with Gasteiger partial charge >= 0.3 is 0 Å². The Bertz CT molecular complexity index is 2870. The second-order valence-electron chi connectivity index (χ2n) is 25.5. The molecule has 0 bridgehead atoms. The van der Waals surface area contributed by atoms with Gasteiger partial charge in [-0.1, -0.05) is 133 Å². The Balaban J connectivity index is 1.08. The van der Waals surface area contributed by atoms with Crippen molar-refractivity contribution in [1.29, 1.82) is 0 Å². The van der Waals surface area contributed by atoms with E-state index in [-0.39, 0.29) is 68.8 Å². The summed E-state index contributed by atoms with van der Waals surface area (Å²) in [6, 6.07) is 23.3. The van der Waals surface area contributed by atoms with Gasteiger partial charge in [-0.2, -0.15) is 0 Å². The summed E-state index contributed by atoms with van der Waals surface area (Å²) in [5, 5.41) is 46.1. The lowest BCUT2D eigenvalue weighted by molar-refractivity contribution is 0.390. The molecule has 4 atom stereocenters. The minimum atomic E-state index is -0.235. The Kier molecular flexibility index (Phi) is 17.5. The first kappa shape index (κ1) is 57.0. The third kappa shape index (κ3) is 14.2. The summed E-state index contributed by atoms with van der Waals surface area (Å²) in [7, 11) is 0. The highest BCUT2D eigenvalue weighted by Crippen LogP contribution is 2.40. The van der Waals surface area contributed by atoms with Gasteiger partial charge in [-0.15, -0.1) is 0 Å². The molecule has 0 saturated heterocycles. The third-order valence-electron chi connectivity index (χ3n) is 14.8. The fraction of sp³-hybridized carbons (Fsp3) is 0.455. The van der Waals surface area contributed by atoms with Crippen LogP contribution in [0, 0.1) is 13.8 Å². The Hall–Kier alpha value is -6.68. The predicted octanol–water partition coefficient (Wildman–Crippen LogP) is 15.5. The molecule has 0 aromatic heterocycles. The van der Waals surface area contributed by atoms with Crippen LogP contribution in [0.4, 0.5) is 11.4 Å². The van der Waals surface area contributed by atoms with Crippen LogP contribution < -0.4 is 0 Å². The molecule has 0 aliphatic heterocycles. The second-order valence-corrected chi connectivity index (χ2v) is 25.5. The molecule has 76 heavy (non-hydrogen) atoms. The first-order valence-electron chi connectivity index (χ1n) is 27.4. The molecule has 0 spiro atoms. The zero-order valence-electron chi connectivity index (χ0n) is 47.8. The van der Waals surface area contributed by atoms with E-state index in [1.807, 2.05) is 74.8 Å². The van der Waals surface area contributed by atoms with Crippen molar-refractivity contribution in [2.24, 2.45) is 30.0 Å². The van der Waals surface area contributed by atoms with Crippen LogP contribution >= 0.6 is 0 Å². The van der Waals surface area contributed by atoms with Gasteiger partial charge in [-0.25, -0.2) is 0 Å². The number of hydrogen-bond acceptors (Lipinski definition) is 10. The first-order chi connectivity index (χ1) is 35.7. The van der Waals surface area contributed by atoms with E-state index in [1.54, 1.807) is 24.9 Å². The van der Waals surface area contributed by atoms with Crippen LogP contribution in [-0.4, -0.2) is 81.9 Å². The molecule has 10 heteroatoms. The molecular formula is C66H84N6O4. The molecule has 0 heterocycles. The van der Waals surface area contributed by atoms with E-state index in [9.17, 15) is 20.4 Å². The van der Waals surface area contributed by atoms with Crippen molar-refractivity contribution in [1.82, 2.24) is 0 Å². The Morgan fingerprint density at radius 1 is 0.368 bits per heavy atom. The molecule has 402 valence electrons. The summed E-state index contributed by atoms with van der Waals surface area (Å²) >= 11 is 0. The van der Waals surface area contributed by atoms with Gasteiger partial charge in [-0.3, -0.25) is 30.0 Å². The largest absolute Gasteiger partial charge is 0.507 e. The van der Waals surface area contributed by atoms with E-state index < -0.39 is 0 Å². The van der Waals surface area contributed by atoms with Crippen LogP contribution in [0.1, 0.15) is 201 Å². The highest BCUT2D eigenvalue weighted by atomic mass is 16.3. The average molecular weight is 1030 g/mol. The van der Waals surface area contributed by atoms with E-state index in [0.29, 0.717) is 33.6 Å². The lowest BCUT2D eigenvalue weighted by Gasteiger charge is -2.28. The van der Waals surface area contributed by atoms with Gasteiger partial charge in [-0.05, 0) is 132 Å². The van der Waals surface area contributed by atoms with E-state index >= 15 is 0 Å². The average Bonchev–Trinajstić information content (AvgIpc) is 3.35. The predicted molar refractivity (Wildman–Crippen MR) is 320 cm³/mol. The molecular weight excluding hydrogens is 941 g/mol. The summed E-state index contributed by atoms with van der Waals surface area (Å²) in [5.41, 5.74) is 10.3. The maximum Gasteiger partial charge on any atom is 0.133 e. The van der Waals surface area contributed by atoms with Crippen LogP contribution in [0.3, 0.4) is 0 Å². The van der Waals surface area contributed by atoms with Crippen molar-refractivity contribution in [2.75, 3.05) is 0 Å². The monoisotopic (exact) mass is 1020 g/mol. The molecule has 10 nitrogen and oxygen atoms in total. The number of benzene rings is 5. The van der Waals surface area contributed by atoms with Crippen molar-refractivity contribution >= 4 is 48.7 Å². The molecule has 5 aromatic carbocycles. The Morgan fingerprint density at radius 2 is 0.645 bits per heavy atom. The van der Waals surface area contributed by atoms with Crippen LogP contribution in [0.5, 0.6) is 23.0 Å². The van der Waals surface area contributed by atoms with Gasteiger partial charge in [0, 0.05) is 81.8 Å². The van der Waals surface area contributed by atoms with Crippen LogP contribution in [0.25, 0.3) is 0 Å². The molecule has 5 aromatic rings. The third-order valence-corrected chi connectivity index (χ3v) is 14.8. The zero-order chi connectivity index (χ0) is 55.3. The number of hydrogen-bond donors (Lipinski definition) is 4. The quantitative estimate of drug-likeness (QED) is 0.0918. The van der Waals surface area contributed by atoms with Crippen molar-refractivity contribution in [3.8, 4) is 23.0 Å². The number of phenolic OH excluding ortho intramolecular Hbond substituents is 4. The van der Waals surface area contributed by atoms with Gasteiger partial charge < -0.3 is 20.4 Å². The summed E-state index contributed by atoms with van der Waals surface area (Å²) < 4.78 is 0. The zero-order valence-corrected chi connectivity index (χ0v) is 47.8. The number of aliphatic imine (C=N–C) groups is 6. The molecule has 2 fully saturated rings. The van der Waals surface area contributed by atoms with E-state index in [0.717, 1.165) is 95.9 Å². The Labute approximate surface area is 453 Å². The van der Waals surface area contributed by atoms with Crippen molar-refractivity contribution in [3.63, 3.8) is 0 Å². The highest BCUT2D eigenvalue weighted by molar-refractivity contribution is 5.96. The molecule has 7 rings (SSSR count). The molecule has 2 aliphatic rings. The maximum absolute atomic E-state index is 11.6. The lowest BCUT2D eigenvalue weighted by atomic mass is 9.79. The van der Waals surface area contributed by atoms with Crippen molar-refractivity contribution in [3.05, 3.63) is 140 Å². The SMILES string of the molecule is Cc1cc(C=Nc2ccccc2N=Cc2cc(C)cc(C=N[C@H]3CCCC[C@@H]3N=Cc3cc(C(C)(C)C)cc(C(C)(C)C)c3O)c2O)c(O)c(C=N[C@H]2CCCC[C@@H]2N=Cc2cc(C(C)(C)C)cc(C(C)(C)C)c2O)c1. The van der Waals surface area contributed by atoms with Gasteiger partial charge in [0.15, 0.2) is 0 Å². The van der Waals surface area contributed by atoms with Crippen LogP contribution in [-0.2, 0) is 21.7 Å². The number of nitrogens with zero attached hydrogens (tertiary/aromatic N) is 6. The number of aryl methyl sites for hydroxylation is 2. The smallest absolute Gasteiger partial charge is 0.133 e. The molecule has 0 unspecified atom stereocenters. The number of aromatic hydroxyl groups is 4. The summed E-state index contributed by atoms with van der Waals surface area (Å²) in [5.74, 6) is 0.716. The fourth-order valence-corrected chi connectivity index (χ4v) is 10.1. The lowest BCUT2D eigenvalue weighted by Crippen LogP contribution is -2.27. The molecule has 2 aliphatic carbocycles. The topological polar surface area (TPSA) is 155 Å². The van der Waals surface area contributed by atoms with Crippen LogP contribution in [0.2, 0.25) is 0 Å². The summed E-state index contributed by atoms with van der Waals surface area (Å²) in [6.07, 6.45) is 18.3.